The van der Waals surface area contributed by atoms with Crippen molar-refractivity contribution in [3.8, 4) is 0 Å². The maximum absolute atomic E-state index is 12.7. The molecule has 1 fully saturated rings. The van der Waals surface area contributed by atoms with Gasteiger partial charge in [0, 0.05) is 18.6 Å². The first-order valence-corrected chi connectivity index (χ1v) is 8.98. The minimum absolute atomic E-state index is 0.0394. The first-order chi connectivity index (χ1) is 10.7. The number of likely N-dealkylation sites (tertiary alicyclic amines) is 1. The van der Waals surface area contributed by atoms with E-state index in [1.165, 1.54) is 0 Å². The summed E-state index contributed by atoms with van der Waals surface area (Å²) in [5, 5.41) is 3.17. The number of piperidine rings is 1. The average molecular weight is 341 g/mol. The molecule has 0 spiro atoms. The quantitative estimate of drug-likeness (QED) is 0.846. The molecule has 1 saturated heterocycles. The van der Waals surface area contributed by atoms with Crippen LogP contribution in [0.2, 0.25) is 0 Å². The number of rotatable bonds is 3. The minimum atomic E-state index is -0.513. The average Bonchev–Trinajstić information content (AvgIpc) is 2.33. The van der Waals surface area contributed by atoms with Crippen LogP contribution in [0.5, 0.6) is 0 Å². The summed E-state index contributed by atoms with van der Waals surface area (Å²) in [6.45, 7) is 17.3. The van der Waals surface area contributed by atoms with Gasteiger partial charge in [0.15, 0.2) is 0 Å². The van der Waals surface area contributed by atoms with Crippen molar-refractivity contribution >= 4 is 12.0 Å². The second-order valence-electron chi connectivity index (χ2n) is 9.88. The molecule has 1 heterocycles. The number of carbonyl (C=O) groups is 2. The van der Waals surface area contributed by atoms with Crippen LogP contribution in [0.3, 0.4) is 0 Å². The Balaban J connectivity index is 2.64. The Morgan fingerprint density at radius 3 is 2.17 bits per heavy atom. The van der Waals surface area contributed by atoms with E-state index in [-0.39, 0.29) is 28.9 Å². The van der Waals surface area contributed by atoms with Crippen LogP contribution < -0.4 is 5.32 Å². The van der Waals surface area contributed by atoms with Gasteiger partial charge in [-0.25, -0.2) is 4.79 Å². The van der Waals surface area contributed by atoms with E-state index >= 15 is 0 Å². The Bertz CT molecular complexity index is 458. The van der Waals surface area contributed by atoms with E-state index in [1.807, 2.05) is 20.8 Å². The lowest BCUT2D eigenvalue weighted by molar-refractivity contribution is -0.128. The zero-order valence-corrected chi connectivity index (χ0v) is 16.8. The third-order valence-corrected chi connectivity index (χ3v) is 3.88. The van der Waals surface area contributed by atoms with E-state index in [1.54, 1.807) is 4.90 Å². The van der Waals surface area contributed by atoms with Crippen molar-refractivity contribution in [3.05, 3.63) is 0 Å². The standard InChI is InChI=1S/C19H36N2O3/c1-17(2,3)13-19(7,8)20-15(22)14-10-9-11-21(12-14)16(23)24-18(4,5)6/h14H,9-13H2,1-8H3,(H,20,22). The summed E-state index contributed by atoms with van der Waals surface area (Å²) in [6, 6.07) is 0. The van der Waals surface area contributed by atoms with Crippen molar-refractivity contribution in [1.82, 2.24) is 10.2 Å². The Kier molecular flexibility index (Phi) is 6.34. The number of carbonyl (C=O) groups excluding carboxylic acids is 2. The van der Waals surface area contributed by atoms with Crippen molar-refractivity contribution in [2.75, 3.05) is 13.1 Å². The summed E-state index contributed by atoms with van der Waals surface area (Å²) < 4.78 is 5.43. The Morgan fingerprint density at radius 2 is 1.67 bits per heavy atom. The molecule has 1 aliphatic rings. The van der Waals surface area contributed by atoms with Gasteiger partial charge in [-0.3, -0.25) is 4.79 Å². The van der Waals surface area contributed by atoms with Gasteiger partial charge in [0.05, 0.1) is 5.92 Å². The fourth-order valence-corrected chi connectivity index (χ4v) is 3.49. The summed E-state index contributed by atoms with van der Waals surface area (Å²) in [4.78, 5) is 26.6. The molecule has 1 aliphatic heterocycles. The van der Waals surface area contributed by atoms with Gasteiger partial charge >= 0.3 is 6.09 Å². The van der Waals surface area contributed by atoms with Crippen LogP contribution in [0.25, 0.3) is 0 Å². The topological polar surface area (TPSA) is 58.6 Å². The molecule has 0 bridgehead atoms. The Morgan fingerprint density at radius 1 is 1.08 bits per heavy atom. The highest BCUT2D eigenvalue weighted by Crippen LogP contribution is 2.28. The summed E-state index contributed by atoms with van der Waals surface area (Å²) in [6.07, 6.45) is 2.22. The van der Waals surface area contributed by atoms with Crippen molar-refractivity contribution < 1.29 is 14.3 Å². The Hall–Kier alpha value is -1.26. The van der Waals surface area contributed by atoms with Crippen LogP contribution in [0.1, 0.15) is 74.7 Å². The normalized spacial score (nSPS) is 19.8. The highest BCUT2D eigenvalue weighted by atomic mass is 16.6. The van der Waals surface area contributed by atoms with Crippen molar-refractivity contribution in [2.45, 2.75) is 85.8 Å². The third kappa shape index (κ3) is 7.54. The fourth-order valence-electron chi connectivity index (χ4n) is 3.49. The highest BCUT2D eigenvalue weighted by Gasteiger charge is 2.34. The summed E-state index contributed by atoms with van der Waals surface area (Å²) >= 11 is 0. The van der Waals surface area contributed by atoms with Crippen LogP contribution >= 0.6 is 0 Å². The van der Waals surface area contributed by atoms with Gasteiger partial charge in [0.1, 0.15) is 5.60 Å². The maximum atomic E-state index is 12.7. The second-order valence-corrected chi connectivity index (χ2v) is 9.88. The van der Waals surface area contributed by atoms with Crippen LogP contribution in [-0.2, 0) is 9.53 Å². The number of nitrogens with one attached hydrogen (secondary N) is 1. The van der Waals surface area contributed by atoms with E-state index in [9.17, 15) is 9.59 Å². The van der Waals surface area contributed by atoms with E-state index in [4.69, 9.17) is 4.74 Å². The molecule has 0 aromatic heterocycles. The van der Waals surface area contributed by atoms with E-state index in [0.717, 1.165) is 19.3 Å². The fraction of sp³-hybridized carbons (Fsp3) is 0.895. The lowest BCUT2D eigenvalue weighted by atomic mass is 9.81. The zero-order chi connectivity index (χ0) is 18.8. The number of hydrogen-bond acceptors (Lipinski definition) is 3. The smallest absolute Gasteiger partial charge is 0.410 e. The lowest BCUT2D eigenvalue weighted by Gasteiger charge is -2.37. The molecular weight excluding hydrogens is 304 g/mol. The Labute approximate surface area is 147 Å². The van der Waals surface area contributed by atoms with Gasteiger partial charge in [0.2, 0.25) is 5.91 Å². The number of hydrogen-bond donors (Lipinski definition) is 1. The van der Waals surface area contributed by atoms with Gasteiger partial charge in [-0.2, -0.15) is 0 Å². The van der Waals surface area contributed by atoms with Crippen LogP contribution in [0.15, 0.2) is 0 Å². The number of ether oxygens (including phenoxy) is 1. The summed E-state index contributed by atoms with van der Waals surface area (Å²) in [5.41, 5.74) is -0.629. The maximum Gasteiger partial charge on any atom is 0.410 e. The van der Waals surface area contributed by atoms with Crippen molar-refractivity contribution in [1.29, 1.82) is 0 Å². The molecular formula is C19H36N2O3. The minimum Gasteiger partial charge on any atom is -0.444 e. The van der Waals surface area contributed by atoms with Gasteiger partial charge < -0.3 is 15.0 Å². The van der Waals surface area contributed by atoms with Crippen molar-refractivity contribution in [3.63, 3.8) is 0 Å². The molecule has 2 amide bonds. The van der Waals surface area contributed by atoms with Gasteiger partial charge in [-0.15, -0.1) is 0 Å². The first-order valence-electron chi connectivity index (χ1n) is 8.98. The molecule has 140 valence electrons. The van der Waals surface area contributed by atoms with Crippen LogP contribution in [-0.4, -0.2) is 41.1 Å². The zero-order valence-electron chi connectivity index (χ0n) is 16.8. The van der Waals surface area contributed by atoms with Gasteiger partial charge in [-0.05, 0) is 59.3 Å². The number of nitrogens with zero attached hydrogens (tertiary/aromatic N) is 1. The molecule has 1 atom stereocenters. The van der Waals surface area contributed by atoms with Gasteiger partial charge in [0.25, 0.3) is 0 Å². The van der Waals surface area contributed by atoms with Crippen LogP contribution in [0, 0.1) is 11.3 Å². The molecule has 0 aromatic rings. The van der Waals surface area contributed by atoms with Gasteiger partial charge in [-0.1, -0.05) is 20.8 Å². The molecule has 0 aromatic carbocycles. The summed E-state index contributed by atoms with van der Waals surface area (Å²) in [7, 11) is 0. The largest absolute Gasteiger partial charge is 0.444 e. The van der Waals surface area contributed by atoms with E-state index in [2.05, 4.69) is 39.9 Å². The monoisotopic (exact) mass is 340 g/mol. The molecule has 5 heteroatoms. The highest BCUT2D eigenvalue weighted by molar-refractivity contribution is 5.80. The number of amides is 2. The molecule has 0 saturated carbocycles. The molecule has 0 aliphatic carbocycles. The SMILES string of the molecule is CC(C)(C)CC(C)(C)NC(=O)C1CCCN(C(=O)OC(C)(C)C)C1. The lowest BCUT2D eigenvalue weighted by Crippen LogP contribution is -2.52. The molecule has 24 heavy (non-hydrogen) atoms. The first kappa shape index (κ1) is 20.8. The second kappa shape index (κ2) is 7.32. The van der Waals surface area contributed by atoms with Crippen molar-refractivity contribution in [2.24, 2.45) is 11.3 Å². The predicted molar refractivity (Wildman–Crippen MR) is 96.8 cm³/mol. The van der Waals surface area contributed by atoms with E-state index < -0.39 is 5.60 Å². The molecule has 1 N–H and O–H groups in total. The molecule has 0 radical (unpaired) electrons. The summed E-state index contributed by atoms with van der Waals surface area (Å²) in [5.74, 6) is -0.122. The predicted octanol–water partition coefficient (Wildman–Crippen LogP) is 3.96. The third-order valence-electron chi connectivity index (χ3n) is 3.88. The van der Waals surface area contributed by atoms with Crippen LogP contribution in [0.4, 0.5) is 4.79 Å². The van der Waals surface area contributed by atoms with E-state index in [0.29, 0.717) is 13.1 Å². The molecule has 1 unspecified atom stereocenters. The molecule has 5 nitrogen and oxygen atoms in total. The molecule has 1 rings (SSSR count).